The van der Waals surface area contributed by atoms with Crippen LogP contribution < -0.4 is 9.47 Å². The summed E-state index contributed by atoms with van der Waals surface area (Å²) in [5.74, 6) is 0.746. The van der Waals surface area contributed by atoms with Gasteiger partial charge in [0, 0.05) is 0 Å². The predicted octanol–water partition coefficient (Wildman–Crippen LogP) is 4.47. The fourth-order valence-electron chi connectivity index (χ4n) is 2.02. The van der Waals surface area contributed by atoms with E-state index < -0.39 is 12.1 Å². The van der Waals surface area contributed by atoms with Gasteiger partial charge in [0.1, 0.15) is 27.0 Å². The maximum absolute atomic E-state index is 11.6. The van der Waals surface area contributed by atoms with Gasteiger partial charge in [-0.15, -0.1) is 0 Å². The summed E-state index contributed by atoms with van der Waals surface area (Å²) >= 11 is 7.18. The van der Waals surface area contributed by atoms with E-state index in [0.29, 0.717) is 33.3 Å². The smallest absolute Gasteiger partial charge is 0.347 e. The van der Waals surface area contributed by atoms with Gasteiger partial charge in [0.25, 0.3) is 5.19 Å². The number of rotatable bonds is 6. The largest absolute Gasteiger partial charge is 0.479 e. The summed E-state index contributed by atoms with van der Waals surface area (Å²) in [6, 6.07) is 10.4. The maximum Gasteiger partial charge on any atom is 0.347 e. The van der Waals surface area contributed by atoms with Crippen molar-refractivity contribution in [1.29, 1.82) is 0 Å². The van der Waals surface area contributed by atoms with Gasteiger partial charge in [-0.2, -0.15) is 0 Å². The summed E-state index contributed by atoms with van der Waals surface area (Å²) in [6.45, 7) is 3.71. The molecule has 0 spiro atoms. The highest BCUT2D eigenvalue weighted by molar-refractivity contribution is 7.19. The van der Waals surface area contributed by atoms with Crippen molar-refractivity contribution in [3.63, 3.8) is 0 Å². The molecule has 3 rings (SSSR count). The van der Waals surface area contributed by atoms with Gasteiger partial charge in [-0.05, 0) is 50.2 Å². The Morgan fingerprint density at radius 1 is 1.16 bits per heavy atom. The fourth-order valence-corrected chi connectivity index (χ4v) is 3.02. The second kappa shape index (κ2) is 7.67. The Hall–Kier alpha value is -2.38. The second-order valence-electron chi connectivity index (χ2n) is 5.02. The van der Waals surface area contributed by atoms with Crippen molar-refractivity contribution >= 4 is 39.3 Å². The van der Waals surface area contributed by atoms with Gasteiger partial charge in [0.05, 0.1) is 6.61 Å². The summed E-state index contributed by atoms with van der Waals surface area (Å²) < 4.78 is 16.2. The van der Waals surface area contributed by atoms with Crippen molar-refractivity contribution in [3.8, 4) is 16.7 Å². The molecule has 0 saturated carbocycles. The van der Waals surface area contributed by atoms with E-state index in [-0.39, 0.29) is 0 Å². The van der Waals surface area contributed by atoms with Crippen LogP contribution >= 0.6 is 22.9 Å². The highest BCUT2D eigenvalue weighted by Gasteiger charge is 2.15. The van der Waals surface area contributed by atoms with Crippen molar-refractivity contribution < 1.29 is 19.0 Å². The molecule has 0 radical (unpaired) electrons. The topological polar surface area (TPSA) is 70.5 Å². The van der Waals surface area contributed by atoms with E-state index >= 15 is 0 Å². The van der Waals surface area contributed by atoms with Gasteiger partial charge in [0.15, 0.2) is 6.10 Å². The molecule has 1 atom stereocenters. The number of esters is 1. The van der Waals surface area contributed by atoms with Crippen LogP contribution in [-0.4, -0.2) is 28.6 Å². The van der Waals surface area contributed by atoms with Crippen LogP contribution in [0.2, 0.25) is 5.15 Å². The van der Waals surface area contributed by atoms with Crippen LogP contribution in [0.1, 0.15) is 13.8 Å². The number of nitrogens with zero attached hydrogens (tertiary/aromatic N) is 2. The molecule has 1 aromatic carbocycles. The average Bonchev–Trinajstić information content (AvgIpc) is 2.98. The number of halogens is 1. The van der Waals surface area contributed by atoms with Crippen LogP contribution in [-0.2, 0) is 9.53 Å². The highest BCUT2D eigenvalue weighted by Crippen LogP contribution is 2.31. The number of aromatic nitrogens is 2. The molecule has 3 aromatic rings. The summed E-state index contributed by atoms with van der Waals surface area (Å²) in [5, 5.41) is 0.887. The number of carbonyl (C=O) groups is 1. The second-order valence-corrected chi connectivity index (χ2v) is 6.35. The van der Waals surface area contributed by atoms with E-state index in [1.807, 2.05) is 0 Å². The first kappa shape index (κ1) is 17.4. The van der Waals surface area contributed by atoms with Gasteiger partial charge < -0.3 is 14.2 Å². The molecule has 6 nitrogen and oxygen atoms in total. The molecule has 0 amide bonds. The lowest BCUT2D eigenvalue weighted by Crippen LogP contribution is -2.25. The minimum atomic E-state index is -0.674. The van der Waals surface area contributed by atoms with E-state index in [1.54, 1.807) is 50.2 Å². The van der Waals surface area contributed by atoms with Crippen molar-refractivity contribution in [2.24, 2.45) is 0 Å². The van der Waals surface area contributed by atoms with Gasteiger partial charge in [0.2, 0.25) is 0 Å². The molecule has 0 aliphatic heterocycles. The molecule has 0 N–H and O–H groups in total. The third-order valence-corrected chi connectivity index (χ3v) is 4.22. The van der Waals surface area contributed by atoms with Crippen molar-refractivity contribution in [3.05, 3.63) is 41.6 Å². The number of fused-ring (bicyclic) bond motifs is 1. The number of carbonyl (C=O) groups excluding carboxylic acids is 1. The molecule has 0 bridgehead atoms. The highest BCUT2D eigenvalue weighted by atomic mass is 35.5. The lowest BCUT2D eigenvalue weighted by molar-refractivity contribution is -0.150. The summed E-state index contributed by atoms with van der Waals surface area (Å²) in [4.78, 5) is 20.8. The predicted molar refractivity (Wildman–Crippen MR) is 95.7 cm³/mol. The summed E-state index contributed by atoms with van der Waals surface area (Å²) in [6.07, 6.45) is -0.674. The molecule has 0 aliphatic rings. The first-order valence-electron chi connectivity index (χ1n) is 7.59. The van der Waals surface area contributed by atoms with Crippen LogP contribution in [0, 0.1) is 0 Å². The summed E-state index contributed by atoms with van der Waals surface area (Å²) in [7, 11) is 0. The lowest BCUT2D eigenvalue weighted by Gasteiger charge is -2.13. The first-order chi connectivity index (χ1) is 12.0. The number of hydrogen-bond acceptors (Lipinski definition) is 7. The molecule has 25 heavy (non-hydrogen) atoms. The van der Waals surface area contributed by atoms with Gasteiger partial charge in [-0.3, -0.25) is 0 Å². The summed E-state index contributed by atoms with van der Waals surface area (Å²) in [5.41, 5.74) is 0.729. The molecular formula is C17H15ClN2O4S. The lowest BCUT2D eigenvalue weighted by atomic mass is 10.3. The molecule has 2 aromatic heterocycles. The zero-order valence-corrected chi connectivity index (χ0v) is 15.1. The van der Waals surface area contributed by atoms with Gasteiger partial charge in [-0.1, -0.05) is 22.9 Å². The number of pyridine rings is 1. The Labute approximate surface area is 153 Å². The molecule has 130 valence electrons. The van der Waals surface area contributed by atoms with Crippen molar-refractivity contribution in [2.75, 3.05) is 6.61 Å². The zero-order chi connectivity index (χ0) is 17.8. The zero-order valence-electron chi connectivity index (χ0n) is 13.6. The van der Waals surface area contributed by atoms with Gasteiger partial charge in [-0.25, -0.2) is 14.8 Å². The minimum absolute atomic E-state index is 0.321. The Balaban J connectivity index is 1.66. The van der Waals surface area contributed by atoms with Crippen LogP contribution in [0.5, 0.6) is 16.7 Å². The first-order valence-corrected chi connectivity index (χ1v) is 8.79. The minimum Gasteiger partial charge on any atom is -0.479 e. The number of thiazole rings is 1. The molecule has 0 aliphatic carbocycles. The SMILES string of the molecule is CCOC(=O)C(C)Oc1ccc(Oc2nc3ccc(Cl)nc3s2)cc1. The fraction of sp³-hybridized carbons (Fsp3) is 0.235. The maximum atomic E-state index is 11.6. The van der Waals surface area contributed by atoms with E-state index in [4.69, 9.17) is 25.8 Å². The van der Waals surface area contributed by atoms with Crippen molar-refractivity contribution in [1.82, 2.24) is 9.97 Å². The quantitative estimate of drug-likeness (QED) is 0.465. The van der Waals surface area contributed by atoms with Gasteiger partial charge >= 0.3 is 5.97 Å². The molecule has 8 heteroatoms. The van der Waals surface area contributed by atoms with E-state index in [0.717, 1.165) is 5.52 Å². The van der Waals surface area contributed by atoms with E-state index in [2.05, 4.69) is 9.97 Å². The Morgan fingerprint density at radius 3 is 2.60 bits per heavy atom. The number of ether oxygens (including phenoxy) is 3. The Morgan fingerprint density at radius 2 is 1.88 bits per heavy atom. The van der Waals surface area contributed by atoms with Crippen LogP contribution in [0.4, 0.5) is 0 Å². The monoisotopic (exact) mass is 378 g/mol. The van der Waals surface area contributed by atoms with Crippen LogP contribution in [0.15, 0.2) is 36.4 Å². The molecule has 0 saturated heterocycles. The number of hydrogen-bond donors (Lipinski definition) is 0. The normalized spacial score (nSPS) is 12.0. The number of benzene rings is 1. The van der Waals surface area contributed by atoms with E-state index in [1.165, 1.54) is 11.3 Å². The third kappa shape index (κ3) is 4.37. The Kier molecular flexibility index (Phi) is 5.35. The third-order valence-electron chi connectivity index (χ3n) is 3.16. The van der Waals surface area contributed by atoms with E-state index in [9.17, 15) is 4.79 Å². The molecule has 2 heterocycles. The van der Waals surface area contributed by atoms with Crippen LogP contribution in [0.25, 0.3) is 10.3 Å². The molecule has 1 unspecified atom stereocenters. The molecular weight excluding hydrogens is 364 g/mol. The van der Waals surface area contributed by atoms with Crippen molar-refractivity contribution in [2.45, 2.75) is 20.0 Å². The Bertz CT molecular complexity index is 882. The molecule has 0 fully saturated rings. The standard InChI is InChI=1S/C17H15ClN2O4S/c1-3-22-16(21)10(2)23-11-4-6-12(7-5-11)24-17-19-13-8-9-14(18)20-15(13)25-17/h4-10H,3H2,1-2H3. The average molecular weight is 379 g/mol. The van der Waals surface area contributed by atoms with Crippen LogP contribution in [0.3, 0.4) is 0 Å².